The molecule has 0 bridgehead atoms. The maximum Gasteiger partial charge on any atom is 0.337 e. The van der Waals surface area contributed by atoms with Crippen LogP contribution in [0, 0.1) is 5.82 Å². The van der Waals surface area contributed by atoms with E-state index in [1.54, 1.807) is 48.3 Å². The first-order valence-corrected chi connectivity index (χ1v) is 10.6. The van der Waals surface area contributed by atoms with Crippen LogP contribution in [0.5, 0.6) is 0 Å². The number of carbonyl (C=O) groups excluding carboxylic acids is 1. The van der Waals surface area contributed by atoms with Gasteiger partial charge >= 0.3 is 5.97 Å². The second kappa shape index (κ2) is 9.50. The predicted octanol–water partition coefficient (Wildman–Crippen LogP) is 2.75. The number of para-hydroxylation sites is 1. The molecule has 1 aliphatic rings. The fraction of sp³-hybridized carbons (Fsp3) is 0.333. The highest BCUT2D eigenvalue weighted by molar-refractivity contribution is 5.89. The Labute approximate surface area is 186 Å². The molecule has 1 N–H and O–H groups in total. The van der Waals surface area contributed by atoms with E-state index in [0.29, 0.717) is 35.7 Å². The number of aromatic nitrogens is 2. The molecule has 2 aromatic carbocycles. The van der Waals surface area contributed by atoms with Gasteiger partial charge in [0.25, 0.3) is 0 Å². The molecule has 2 heterocycles. The summed E-state index contributed by atoms with van der Waals surface area (Å²) in [5.41, 5.74) is 2.58. The van der Waals surface area contributed by atoms with E-state index >= 15 is 0 Å². The number of methoxy groups -OCH3 is 1. The fourth-order valence-electron chi connectivity index (χ4n) is 4.12. The molecule has 32 heavy (non-hydrogen) atoms. The lowest BCUT2D eigenvalue weighted by Gasteiger charge is -2.37. The van der Waals surface area contributed by atoms with E-state index in [2.05, 4.69) is 9.88 Å². The quantitative estimate of drug-likeness (QED) is 0.597. The summed E-state index contributed by atoms with van der Waals surface area (Å²) in [6, 6.07) is 12.2. The molecule has 0 amide bonds. The molecule has 4 rings (SSSR count). The third kappa shape index (κ3) is 4.51. The number of ether oxygens (including phenoxy) is 1. The van der Waals surface area contributed by atoms with Crippen LogP contribution < -0.4 is 4.90 Å². The number of hydrogen-bond acceptors (Lipinski definition) is 6. The zero-order valence-corrected chi connectivity index (χ0v) is 18.2. The first-order valence-electron chi connectivity index (χ1n) is 10.6. The van der Waals surface area contributed by atoms with Crippen molar-refractivity contribution >= 4 is 11.7 Å². The highest BCUT2D eigenvalue weighted by Crippen LogP contribution is 2.33. The average molecular weight is 439 g/mol. The Bertz CT molecular complexity index is 1080. The van der Waals surface area contributed by atoms with Gasteiger partial charge in [-0.2, -0.15) is 0 Å². The van der Waals surface area contributed by atoms with Gasteiger partial charge in [0.15, 0.2) is 0 Å². The van der Waals surface area contributed by atoms with Gasteiger partial charge in [0, 0.05) is 57.7 Å². The van der Waals surface area contributed by atoms with Crippen molar-refractivity contribution in [3.8, 4) is 0 Å². The van der Waals surface area contributed by atoms with Crippen LogP contribution >= 0.6 is 0 Å². The first-order chi connectivity index (χ1) is 15.5. The molecule has 0 radical (unpaired) electrons. The first kappa shape index (κ1) is 22.0. The van der Waals surface area contributed by atoms with Crippen molar-refractivity contribution in [1.82, 2.24) is 14.5 Å². The van der Waals surface area contributed by atoms with Crippen LogP contribution in [0.3, 0.4) is 0 Å². The number of rotatable bonds is 6. The maximum absolute atomic E-state index is 14.9. The largest absolute Gasteiger partial charge is 0.465 e. The average Bonchev–Trinajstić information content (AvgIpc) is 3.25. The predicted molar refractivity (Wildman–Crippen MR) is 119 cm³/mol. The third-order valence-corrected chi connectivity index (χ3v) is 5.89. The molecule has 7 nitrogen and oxygen atoms in total. The Kier molecular flexibility index (Phi) is 6.53. The molecule has 1 saturated heterocycles. The summed E-state index contributed by atoms with van der Waals surface area (Å²) in [5.74, 6) is -0.216. The van der Waals surface area contributed by atoms with E-state index in [-0.39, 0.29) is 11.8 Å². The van der Waals surface area contributed by atoms with Crippen molar-refractivity contribution in [2.45, 2.75) is 12.6 Å². The number of esters is 1. The molecule has 0 unspecified atom stereocenters. The summed E-state index contributed by atoms with van der Waals surface area (Å²) in [5, 5.41) is 10.9. The zero-order valence-electron chi connectivity index (χ0n) is 18.2. The second-order valence-corrected chi connectivity index (χ2v) is 7.93. The van der Waals surface area contributed by atoms with E-state index in [0.717, 1.165) is 25.2 Å². The molecule has 0 saturated carbocycles. The van der Waals surface area contributed by atoms with Crippen LogP contribution in [0.1, 0.15) is 33.4 Å². The van der Waals surface area contributed by atoms with Crippen LogP contribution in [-0.4, -0.2) is 58.8 Å². The minimum atomic E-state index is -1.01. The number of benzene rings is 2. The Morgan fingerprint density at radius 1 is 1.16 bits per heavy atom. The van der Waals surface area contributed by atoms with Gasteiger partial charge in [0.2, 0.25) is 0 Å². The Balaban J connectivity index is 1.44. The maximum atomic E-state index is 14.9. The summed E-state index contributed by atoms with van der Waals surface area (Å²) < 4.78 is 21.4. The lowest BCUT2D eigenvalue weighted by molar-refractivity contribution is 0.0600. The van der Waals surface area contributed by atoms with Crippen molar-refractivity contribution in [2.24, 2.45) is 7.05 Å². The topological polar surface area (TPSA) is 70.8 Å². The number of piperazine rings is 1. The highest BCUT2D eigenvalue weighted by Gasteiger charge is 2.26. The monoisotopic (exact) mass is 438 g/mol. The van der Waals surface area contributed by atoms with Crippen molar-refractivity contribution in [2.75, 3.05) is 38.2 Å². The minimum Gasteiger partial charge on any atom is -0.465 e. The molecule has 3 aromatic rings. The third-order valence-electron chi connectivity index (χ3n) is 5.89. The fourth-order valence-corrected chi connectivity index (χ4v) is 4.12. The number of halogens is 1. The number of carbonyl (C=O) groups is 1. The molecule has 1 aliphatic heterocycles. The number of anilines is 1. The normalized spacial score (nSPS) is 15.6. The SMILES string of the molecule is COC(=O)c1ccc(CN2CCN(c3c(F)cccc3[C@@H](O)c3nccn3C)CC2)cc1. The van der Waals surface area contributed by atoms with Crippen molar-refractivity contribution in [1.29, 1.82) is 0 Å². The molecule has 1 aromatic heterocycles. The number of aliphatic hydroxyl groups excluding tert-OH is 1. The van der Waals surface area contributed by atoms with E-state index in [4.69, 9.17) is 4.74 Å². The molecule has 0 aliphatic carbocycles. The lowest BCUT2D eigenvalue weighted by atomic mass is 10.0. The minimum absolute atomic E-state index is 0.345. The highest BCUT2D eigenvalue weighted by atomic mass is 19.1. The van der Waals surface area contributed by atoms with Crippen LogP contribution in [-0.2, 0) is 18.3 Å². The van der Waals surface area contributed by atoms with Crippen LogP contribution in [0.2, 0.25) is 0 Å². The Morgan fingerprint density at radius 3 is 2.50 bits per heavy atom. The zero-order chi connectivity index (χ0) is 22.7. The molecule has 1 fully saturated rings. The van der Waals surface area contributed by atoms with Gasteiger partial charge in [-0.05, 0) is 23.8 Å². The number of hydrogen-bond donors (Lipinski definition) is 1. The molecule has 8 heteroatoms. The van der Waals surface area contributed by atoms with E-state index in [1.807, 2.05) is 17.0 Å². The summed E-state index contributed by atoms with van der Waals surface area (Å²) in [6.07, 6.45) is 2.37. The van der Waals surface area contributed by atoms with Gasteiger partial charge < -0.3 is 19.3 Å². The van der Waals surface area contributed by atoms with Gasteiger partial charge in [-0.3, -0.25) is 4.90 Å². The van der Waals surface area contributed by atoms with Crippen LogP contribution in [0.4, 0.5) is 10.1 Å². The van der Waals surface area contributed by atoms with Crippen molar-refractivity contribution < 1.29 is 19.0 Å². The van der Waals surface area contributed by atoms with Gasteiger partial charge in [-0.1, -0.05) is 24.3 Å². The Morgan fingerprint density at radius 2 is 1.88 bits per heavy atom. The van der Waals surface area contributed by atoms with Crippen LogP contribution in [0.25, 0.3) is 0 Å². The smallest absolute Gasteiger partial charge is 0.337 e. The second-order valence-electron chi connectivity index (χ2n) is 7.93. The van der Waals surface area contributed by atoms with Crippen molar-refractivity contribution in [3.63, 3.8) is 0 Å². The van der Waals surface area contributed by atoms with E-state index in [1.165, 1.54) is 13.2 Å². The summed E-state index contributed by atoms with van der Waals surface area (Å²) in [7, 11) is 3.17. The number of imidazole rings is 1. The lowest BCUT2D eigenvalue weighted by Crippen LogP contribution is -2.46. The van der Waals surface area contributed by atoms with Gasteiger partial charge in [-0.25, -0.2) is 14.2 Å². The van der Waals surface area contributed by atoms with Gasteiger partial charge in [0.1, 0.15) is 17.7 Å². The van der Waals surface area contributed by atoms with Gasteiger partial charge in [-0.15, -0.1) is 0 Å². The van der Waals surface area contributed by atoms with Crippen molar-refractivity contribution in [3.05, 3.63) is 83.2 Å². The standard InChI is InChI=1S/C24H27FN4O3/c1-27-11-10-26-23(27)22(30)19-4-3-5-20(25)21(19)29-14-12-28(13-15-29)16-17-6-8-18(9-7-17)24(31)32-2/h3-11,22,30H,12-16H2,1-2H3/t22-/m1/s1. The van der Waals surface area contributed by atoms with E-state index in [9.17, 15) is 14.3 Å². The van der Waals surface area contributed by atoms with Gasteiger partial charge in [0.05, 0.1) is 18.4 Å². The van der Waals surface area contributed by atoms with E-state index < -0.39 is 6.10 Å². The Hall–Kier alpha value is -3.23. The van der Waals surface area contributed by atoms with Crippen LogP contribution in [0.15, 0.2) is 54.9 Å². The molecular weight excluding hydrogens is 411 g/mol. The molecule has 0 spiro atoms. The number of aryl methyl sites for hydroxylation is 1. The summed E-state index contributed by atoms with van der Waals surface area (Å²) in [4.78, 5) is 20.1. The molecular formula is C24H27FN4O3. The number of aliphatic hydroxyl groups is 1. The summed E-state index contributed by atoms with van der Waals surface area (Å²) >= 11 is 0. The number of nitrogens with zero attached hydrogens (tertiary/aromatic N) is 4. The molecule has 168 valence electrons. The molecule has 1 atom stereocenters. The summed E-state index contributed by atoms with van der Waals surface area (Å²) in [6.45, 7) is 3.54.